The lowest BCUT2D eigenvalue weighted by molar-refractivity contribution is -0.129. The molecular formula is C19H28N2O4. The second-order valence-corrected chi connectivity index (χ2v) is 6.36. The number of ether oxygens (including phenoxy) is 2. The van der Waals surface area contributed by atoms with Gasteiger partial charge in [0.25, 0.3) is 0 Å². The molecule has 1 aromatic carbocycles. The molecule has 1 heterocycles. The molecule has 0 saturated carbocycles. The van der Waals surface area contributed by atoms with Crippen LogP contribution < -0.4 is 14.8 Å². The van der Waals surface area contributed by atoms with Crippen LogP contribution >= 0.6 is 0 Å². The van der Waals surface area contributed by atoms with E-state index in [9.17, 15) is 9.59 Å². The number of carbonyl (C=O) groups is 2. The maximum atomic E-state index is 12.2. The minimum Gasteiger partial charge on any atom is -0.493 e. The van der Waals surface area contributed by atoms with Crippen LogP contribution in [0.2, 0.25) is 0 Å². The van der Waals surface area contributed by atoms with Gasteiger partial charge in [-0.2, -0.15) is 0 Å². The van der Waals surface area contributed by atoms with Gasteiger partial charge in [0.15, 0.2) is 11.5 Å². The molecule has 1 atom stereocenters. The summed E-state index contributed by atoms with van der Waals surface area (Å²) in [4.78, 5) is 26.2. The molecule has 2 rings (SSSR count). The van der Waals surface area contributed by atoms with Crippen LogP contribution in [0.4, 0.5) is 0 Å². The van der Waals surface area contributed by atoms with Crippen molar-refractivity contribution in [3.05, 3.63) is 23.8 Å². The number of unbranched alkanes of at least 4 members (excludes halogenated alkanes) is 2. The Balaban J connectivity index is 1.91. The van der Waals surface area contributed by atoms with E-state index in [1.54, 1.807) is 19.1 Å². The second kappa shape index (κ2) is 9.30. The van der Waals surface area contributed by atoms with Crippen LogP contribution in [-0.4, -0.2) is 44.0 Å². The summed E-state index contributed by atoms with van der Waals surface area (Å²) in [6.45, 7) is 3.75. The van der Waals surface area contributed by atoms with Crippen molar-refractivity contribution >= 4 is 11.8 Å². The van der Waals surface area contributed by atoms with E-state index < -0.39 is 0 Å². The van der Waals surface area contributed by atoms with Gasteiger partial charge in [-0.15, -0.1) is 0 Å². The lowest BCUT2D eigenvalue weighted by atomic mass is 10.1. The van der Waals surface area contributed by atoms with E-state index in [0.29, 0.717) is 31.1 Å². The first kappa shape index (κ1) is 19.1. The van der Waals surface area contributed by atoms with Crippen LogP contribution in [0.1, 0.15) is 38.2 Å². The Kier molecular flexibility index (Phi) is 7.10. The molecule has 0 radical (unpaired) electrons. The molecule has 6 heteroatoms. The van der Waals surface area contributed by atoms with E-state index in [1.807, 2.05) is 18.2 Å². The van der Waals surface area contributed by atoms with E-state index in [4.69, 9.17) is 9.47 Å². The van der Waals surface area contributed by atoms with Crippen molar-refractivity contribution < 1.29 is 19.1 Å². The van der Waals surface area contributed by atoms with E-state index in [1.165, 1.54) is 0 Å². The molecule has 1 aliphatic rings. The highest BCUT2D eigenvalue weighted by Gasteiger charge is 2.34. The third-order valence-corrected chi connectivity index (χ3v) is 4.49. The molecule has 1 fully saturated rings. The Morgan fingerprint density at radius 3 is 2.68 bits per heavy atom. The van der Waals surface area contributed by atoms with Gasteiger partial charge >= 0.3 is 0 Å². The van der Waals surface area contributed by atoms with Crippen molar-refractivity contribution in [2.75, 3.05) is 27.3 Å². The summed E-state index contributed by atoms with van der Waals surface area (Å²) >= 11 is 0. The van der Waals surface area contributed by atoms with Crippen molar-refractivity contribution in [2.45, 2.75) is 39.2 Å². The second-order valence-electron chi connectivity index (χ2n) is 6.36. The molecule has 2 amide bonds. The molecule has 0 bridgehead atoms. The SMILES string of the molecule is CCCCCNC(=O)C1CC(=O)N(Cc2ccc(OC)c(OC)c2)C1. The molecule has 1 saturated heterocycles. The molecule has 1 aromatic rings. The quantitative estimate of drug-likeness (QED) is 0.696. The lowest BCUT2D eigenvalue weighted by Crippen LogP contribution is -2.33. The van der Waals surface area contributed by atoms with Gasteiger partial charge in [-0.3, -0.25) is 9.59 Å². The number of benzene rings is 1. The first-order valence-corrected chi connectivity index (χ1v) is 8.85. The van der Waals surface area contributed by atoms with Crippen molar-refractivity contribution in [3.63, 3.8) is 0 Å². The van der Waals surface area contributed by atoms with Crippen LogP contribution in [0, 0.1) is 5.92 Å². The van der Waals surface area contributed by atoms with Crippen molar-refractivity contribution in [2.24, 2.45) is 5.92 Å². The summed E-state index contributed by atoms with van der Waals surface area (Å²) in [5.74, 6) is 1.04. The minimum absolute atomic E-state index is 0.0146. The van der Waals surface area contributed by atoms with Crippen LogP contribution in [0.5, 0.6) is 11.5 Å². The van der Waals surface area contributed by atoms with E-state index in [0.717, 1.165) is 24.8 Å². The fourth-order valence-electron chi connectivity index (χ4n) is 3.03. The average molecular weight is 348 g/mol. The predicted octanol–water partition coefficient (Wildman–Crippen LogP) is 2.36. The van der Waals surface area contributed by atoms with Gasteiger partial charge in [-0.1, -0.05) is 25.8 Å². The third-order valence-electron chi connectivity index (χ3n) is 4.49. The van der Waals surface area contributed by atoms with Gasteiger partial charge in [-0.05, 0) is 24.1 Å². The normalized spacial score (nSPS) is 16.8. The van der Waals surface area contributed by atoms with E-state index in [2.05, 4.69) is 12.2 Å². The lowest BCUT2D eigenvalue weighted by Gasteiger charge is -2.18. The summed E-state index contributed by atoms with van der Waals surface area (Å²) in [5, 5.41) is 2.94. The Bertz CT molecular complexity index is 603. The van der Waals surface area contributed by atoms with Crippen molar-refractivity contribution in [1.82, 2.24) is 10.2 Å². The number of rotatable bonds is 9. The highest BCUT2D eigenvalue weighted by atomic mass is 16.5. The fourth-order valence-corrected chi connectivity index (χ4v) is 3.03. The summed E-state index contributed by atoms with van der Waals surface area (Å²) in [5.41, 5.74) is 0.954. The minimum atomic E-state index is -0.255. The molecule has 1 N–H and O–H groups in total. The van der Waals surface area contributed by atoms with Crippen molar-refractivity contribution in [3.8, 4) is 11.5 Å². The largest absolute Gasteiger partial charge is 0.493 e. The van der Waals surface area contributed by atoms with Gasteiger partial charge in [-0.25, -0.2) is 0 Å². The van der Waals surface area contributed by atoms with E-state index in [-0.39, 0.29) is 24.2 Å². The zero-order valence-electron chi connectivity index (χ0n) is 15.3. The summed E-state index contributed by atoms with van der Waals surface area (Å²) in [6.07, 6.45) is 3.50. The average Bonchev–Trinajstić information content (AvgIpc) is 2.99. The zero-order chi connectivity index (χ0) is 18.2. The molecule has 0 aromatic heterocycles. The molecule has 1 unspecified atom stereocenters. The first-order chi connectivity index (χ1) is 12.1. The van der Waals surface area contributed by atoms with Gasteiger partial charge in [0.2, 0.25) is 11.8 Å². The zero-order valence-corrected chi connectivity index (χ0v) is 15.3. The highest BCUT2D eigenvalue weighted by molar-refractivity contribution is 5.89. The van der Waals surface area contributed by atoms with Gasteiger partial charge in [0, 0.05) is 26.1 Å². The monoisotopic (exact) mass is 348 g/mol. The standard InChI is InChI=1S/C19H28N2O4/c1-4-5-6-9-20-19(23)15-11-18(22)21(13-15)12-14-7-8-16(24-2)17(10-14)25-3/h7-8,10,15H,4-6,9,11-13H2,1-3H3,(H,20,23). The molecular weight excluding hydrogens is 320 g/mol. The Morgan fingerprint density at radius 1 is 1.24 bits per heavy atom. The van der Waals surface area contributed by atoms with Gasteiger partial charge < -0.3 is 19.7 Å². The Hall–Kier alpha value is -2.24. The molecule has 138 valence electrons. The third kappa shape index (κ3) is 5.11. The molecule has 1 aliphatic heterocycles. The van der Waals surface area contributed by atoms with Crippen LogP contribution in [0.15, 0.2) is 18.2 Å². The highest BCUT2D eigenvalue weighted by Crippen LogP contribution is 2.29. The number of hydrogen-bond acceptors (Lipinski definition) is 4. The number of hydrogen-bond donors (Lipinski definition) is 1. The first-order valence-electron chi connectivity index (χ1n) is 8.85. The number of nitrogens with one attached hydrogen (secondary N) is 1. The molecule has 25 heavy (non-hydrogen) atoms. The Morgan fingerprint density at radius 2 is 2.00 bits per heavy atom. The number of methoxy groups -OCH3 is 2. The maximum absolute atomic E-state index is 12.2. The van der Waals surface area contributed by atoms with Crippen LogP contribution in [0.25, 0.3) is 0 Å². The van der Waals surface area contributed by atoms with E-state index >= 15 is 0 Å². The predicted molar refractivity (Wildman–Crippen MR) is 95.6 cm³/mol. The van der Waals surface area contributed by atoms with Crippen LogP contribution in [-0.2, 0) is 16.1 Å². The number of amides is 2. The Labute approximate surface area is 149 Å². The smallest absolute Gasteiger partial charge is 0.225 e. The fraction of sp³-hybridized carbons (Fsp3) is 0.579. The topological polar surface area (TPSA) is 67.9 Å². The van der Waals surface area contributed by atoms with Crippen LogP contribution in [0.3, 0.4) is 0 Å². The van der Waals surface area contributed by atoms with Gasteiger partial charge in [0.1, 0.15) is 0 Å². The summed E-state index contributed by atoms with van der Waals surface area (Å²) < 4.78 is 10.5. The van der Waals surface area contributed by atoms with Crippen molar-refractivity contribution in [1.29, 1.82) is 0 Å². The summed E-state index contributed by atoms with van der Waals surface area (Å²) in [6, 6.07) is 5.60. The maximum Gasteiger partial charge on any atom is 0.225 e. The number of nitrogens with zero attached hydrogens (tertiary/aromatic N) is 1. The number of likely N-dealkylation sites (tertiary alicyclic amines) is 1. The van der Waals surface area contributed by atoms with Gasteiger partial charge in [0.05, 0.1) is 20.1 Å². The molecule has 0 spiro atoms. The number of carbonyl (C=O) groups excluding carboxylic acids is 2. The molecule has 6 nitrogen and oxygen atoms in total. The molecule has 0 aliphatic carbocycles. The summed E-state index contributed by atoms with van der Waals surface area (Å²) in [7, 11) is 3.17.